The number of guanidine groups is 1. The first kappa shape index (κ1) is 15.9. The molecule has 0 aliphatic carbocycles. The third-order valence-electron chi connectivity index (χ3n) is 3.14. The molecule has 0 amide bonds. The Morgan fingerprint density at radius 2 is 1.73 bits per heavy atom. The molecule has 3 N–H and O–H groups in total. The van der Waals surface area contributed by atoms with E-state index in [1.54, 1.807) is 0 Å². The zero-order valence-electron chi connectivity index (χ0n) is 13.3. The lowest BCUT2D eigenvalue weighted by molar-refractivity contribution is 0.473. The Balaban J connectivity index is 2.15. The van der Waals surface area contributed by atoms with Gasteiger partial charge in [-0.1, -0.05) is 36.4 Å². The summed E-state index contributed by atoms with van der Waals surface area (Å²) in [6.07, 6.45) is 0. The van der Waals surface area contributed by atoms with E-state index in [2.05, 4.69) is 10.3 Å². The zero-order valence-corrected chi connectivity index (χ0v) is 13.3. The van der Waals surface area contributed by atoms with Crippen molar-refractivity contribution in [2.24, 2.45) is 10.7 Å². The van der Waals surface area contributed by atoms with Crippen LogP contribution < -0.4 is 15.8 Å². The Bertz CT molecular complexity index is 650. The molecule has 0 heterocycles. The molecule has 0 aromatic heterocycles. The number of hydrogen-bond donors (Lipinski definition) is 2. The zero-order chi connectivity index (χ0) is 15.9. The molecule has 0 fully saturated rings. The number of nitrogens with two attached hydrogens (primary N) is 1. The molecule has 0 aliphatic rings. The average molecular weight is 297 g/mol. The van der Waals surface area contributed by atoms with E-state index < -0.39 is 0 Å². The summed E-state index contributed by atoms with van der Waals surface area (Å²) in [7, 11) is 0. The highest BCUT2D eigenvalue weighted by atomic mass is 16.5. The summed E-state index contributed by atoms with van der Waals surface area (Å²) in [6, 6.07) is 16.1. The largest absolute Gasteiger partial charge is 0.457 e. The number of nitrogens with zero attached hydrogens (tertiary/aromatic N) is 1. The molecule has 0 spiro atoms. The maximum Gasteiger partial charge on any atom is 0.189 e. The average Bonchev–Trinajstić information content (AvgIpc) is 2.48. The molecule has 0 atom stereocenters. The number of benzene rings is 2. The maximum atomic E-state index is 6.02. The van der Waals surface area contributed by atoms with E-state index in [0.717, 1.165) is 22.6 Å². The molecular formula is C18H23N3O. The molecule has 4 nitrogen and oxygen atoms in total. The number of hydrogen-bond acceptors (Lipinski definition) is 2. The molecule has 0 saturated heterocycles. The number of aryl methyl sites for hydroxylation is 1. The van der Waals surface area contributed by atoms with Crippen LogP contribution in [0.25, 0.3) is 0 Å². The lowest BCUT2D eigenvalue weighted by atomic mass is 10.2. The monoisotopic (exact) mass is 297 g/mol. The van der Waals surface area contributed by atoms with Crippen LogP contribution in [0, 0.1) is 6.92 Å². The fraction of sp³-hybridized carbons (Fsp3) is 0.278. The minimum absolute atomic E-state index is 0.266. The second kappa shape index (κ2) is 7.50. The Morgan fingerprint density at radius 3 is 2.41 bits per heavy atom. The quantitative estimate of drug-likeness (QED) is 0.655. The van der Waals surface area contributed by atoms with E-state index in [-0.39, 0.29) is 6.04 Å². The molecule has 2 aromatic rings. The van der Waals surface area contributed by atoms with E-state index in [0.29, 0.717) is 12.5 Å². The fourth-order valence-electron chi connectivity index (χ4n) is 2.04. The lowest BCUT2D eigenvalue weighted by Crippen LogP contribution is -2.36. The van der Waals surface area contributed by atoms with Gasteiger partial charge in [-0.25, -0.2) is 4.99 Å². The molecular weight excluding hydrogens is 274 g/mol. The summed E-state index contributed by atoms with van der Waals surface area (Å²) < 4.78 is 6.02. The van der Waals surface area contributed by atoms with Crippen molar-refractivity contribution in [1.29, 1.82) is 0 Å². The fourth-order valence-corrected chi connectivity index (χ4v) is 2.04. The molecule has 0 saturated carbocycles. The highest BCUT2D eigenvalue weighted by Gasteiger charge is 2.06. The molecule has 116 valence electrons. The van der Waals surface area contributed by atoms with Crippen molar-refractivity contribution >= 4 is 5.96 Å². The number of ether oxygens (including phenoxy) is 1. The number of aliphatic imine (C=N–C) groups is 1. The first-order chi connectivity index (χ1) is 10.6. The number of nitrogens with one attached hydrogen (secondary N) is 1. The summed E-state index contributed by atoms with van der Waals surface area (Å²) in [6.45, 7) is 6.56. The van der Waals surface area contributed by atoms with E-state index in [4.69, 9.17) is 10.5 Å². The molecule has 0 unspecified atom stereocenters. The highest BCUT2D eigenvalue weighted by molar-refractivity contribution is 5.78. The van der Waals surface area contributed by atoms with Crippen LogP contribution in [0.2, 0.25) is 0 Å². The van der Waals surface area contributed by atoms with Crippen molar-refractivity contribution in [2.45, 2.75) is 33.4 Å². The third kappa shape index (κ3) is 4.52. The van der Waals surface area contributed by atoms with Gasteiger partial charge < -0.3 is 15.8 Å². The van der Waals surface area contributed by atoms with Crippen LogP contribution in [0.4, 0.5) is 0 Å². The van der Waals surface area contributed by atoms with E-state index in [9.17, 15) is 0 Å². The lowest BCUT2D eigenvalue weighted by Gasteiger charge is -2.12. The van der Waals surface area contributed by atoms with Crippen molar-refractivity contribution < 1.29 is 4.74 Å². The van der Waals surface area contributed by atoms with Crippen molar-refractivity contribution in [3.63, 3.8) is 0 Å². The van der Waals surface area contributed by atoms with Gasteiger partial charge in [-0.3, -0.25) is 0 Å². The van der Waals surface area contributed by atoms with Gasteiger partial charge in [-0.2, -0.15) is 0 Å². The topological polar surface area (TPSA) is 59.6 Å². The molecule has 0 radical (unpaired) electrons. The first-order valence-electron chi connectivity index (χ1n) is 7.44. The van der Waals surface area contributed by atoms with E-state index >= 15 is 0 Å². The van der Waals surface area contributed by atoms with Crippen LogP contribution in [-0.4, -0.2) is 12.0 Å². The number of para-hydroxylation sites is 2. The molecule has 22 heavy (non-hydrogen) atoms. The smallest absolute Gasteiger partial charge is 0.189 e. The van der Waals surface area contributed by atoms with Crippen LogP contribution in [0.5, 0.6) is 11.5 Å². The molecule has 0 bridgehead atoms. The first-order valence-corrected chi connectivity index (χ1v) is 7.44. The normalized spacial score (nSPS) is 11.5. The van der Waals surface area contributed by atoms with Gasteiger partial charge in [0, 0.05) is 11.6 Å². The van der Waals surface area contributed by atoms with Gasteiger partial charge in [-0.15, -0.1) is 0 Å². The Kier molecular flexibility index (Phi) is 5.42. The Labute approximate surface area is 132 Å². The molecule has 2 aromatic carbocycles. The van der Waals surface area contributed by atoms with Gasteiger partial charge in [0.15, 0.2) is 5.96 Å². The van der Waals surface area contributed by atoms with E-state index in [1.807, 2.05) is 69.3 Å². The summed E-state index contributed by atoms with van der Waals surface area (Å²) >= 11 is 0. The Morgan fingerprint density at radius 1 is 1.09 bits per heavy atom. The molecule has 0 aliphatic heterocycles. The van der Waals surface area contributed by atoms with Gasteiger partial charge >= 0.3 is 0 Å². The standard InChI is InChI=1S/C18H23N3O/c1-13(2)21-18(19)20-12-15-9-5-7-11-17(15)22-16-10-6-4-8-14(16)3/h4-11,13H,12H2,1-3H3,(H3,19,20,21). The molecule has 4 heteroatoms. The molecule has 2 rings (SSSR count). The van der Waals surface area contributed by atoms with Crippen LogP contribution in [-0.2, 0) is 6.54 Å². The van der Waals surface area contributed by atoms with Crippen molar-refractivity contribution in [2.75, 3.05) is 0 Å². The predicted molar refractivity (Wildman–Crippen MR) is 91.3 cm³/mol. The van der Waals surface area contributed by atoms with Crippen LogP contribution in [0.1, 0.15) is 25.0 Å². The summed E-state index contributed by atoms with van der Waals surface area (Å²) in [5.74, 6) is 2.10. The minimum Gasteiger partial charge on any atom is -0.457 e. The third-order valence-corrected chi connectivity index (χ3v) is 3.14. The van der Waals surface area contributed by atoms with E-state index in [1.165, 1.54) is 0 Å². The summed E-state index contributed by atoms with van der Waals surface area (Å²) in [5.41, 5.74) is 7.95. The predicted octanol–water partition coefficient (Wildman–Crippen LogP) is 3.60. The van der Waals surface area contributed by atoms with Gasteiger partial charge in [0.2, 0.25) is 0 Å². The maximum absolute atomic E-state index is 6.02. The van der Waals surface area contributed by atoms with Crippen LogP contribution >= 0.6 is 0 Å². The van der Waals surface area contributed by atoms with Crippen molar-refractivity contribution in [3.05, 3.63) is 59.7 Å². The van der Waals surface area contributed by atoms with Gasteiger partial charge in [0.05, 0.1) is 6.54 Å². The van der Waals surface area contributed by atoms with Gasteiger partial charge in [0.1, 0.15) is 11.5 Å². The van der Waals surface area contributed by atoms with Crippen LogP contribution in [0.15, 0.2) is 53.5 Å². The van der Waals surface area contributed by atoms with Gasteiger partial charge in [0.25, 0.3) is 0 Å². The van der Waals surface area contributed by atoms with Crippen molar-refractivity contribution in [1.82, 2.24) is 5.32 Å². The summed E-state index contributed by atoms with van der Waals surface area (Å²) in [5, 5.41) is 3.08. The Hall–Kier alpha value is -2.49. The second-order valence-corrected chi connectivity index (χ2v) is 5.48. The second-order valence-electron chi connectivity index (χ2n) is 5.48. The minimum atomic E-state index is 0.266. The van der Waals surface area contributed by atoms with Gasteiger partial charge in [-0.05, 0) is 38.5 Å². The van der Waals surface area contributed by atoms with Crippen LogP contribution in [0.3, 0.4) is 0 Å². The SMILES string of the molecule is Cc1ccccc1Oc1ccccc1CN=C(N)NC(C)C. The summed E-state index contributed by atoms with van der Waals surface area (Å²) in [4.78, 5) is 4.36. The van der Waals surface area contributed by atoms with Crippen molar-refractivity contribution in [3.8, 4) is 11.5 Å². The number of rotatable bonds is 5. The highest BCUT2D eigenvalue weighted by Crippen LogP contribution is 2.27.